The molecule has 0 aromatic carbocycles. The molecule has 3 rings (SSSR count). The van der Waals surface area contributed by atoms with Crippen molar-refractivity contribution in [2.45, 2.75) is 39.5 Å². The molecule has 0 aliphatic rings. The van der Waals surface area contributed by atoms with Gasteiger partial charge in [-0.15, -0.1) is 0 Å². The lowest BCUT2D eigenvalue weighted by molar-refractivity contribution is 0.828. The van der Waals surface area contributed by atoms with Crippen molar-refractivity contribution in [2.75, 3.05) is 0 Å². The molecule has 24 heavy (non-hydrogen) atoms. The summed E-state index contributed by atoms with van der Waals surface area (Å²) < 4.78 is 0. The molecule has 0 spiro atoms. The van der Waals surface area contributed by atoms with Gasteiger partial charge in [0.25, 0.3) is 0 Å². The summed E-state index contributed by atoms with van der Waals surface area (Å²) in [5.41, 5.74) is 6.66. The van der Waals surface area contributed by atoms with Crippen LogP contribution in [-0.2, 0) is 25.7 Å². The standard InChI is InChI=1S/C21H23N3/c1-16-6-3-8-18(22-16)12-14-20-10-5-11-21(24-20)15-13-19-9-4-7-17(2)23-19/h3-11H,12-15H2,1-2H3. The second kappa shape index (κ2) is 7.82. The van der Waals surface area contributed by atoms with Crippen LogP contribution in [0.15, 0.2) is 54.6 Å². The number of hydrogen-bond donors (Lipinski definition) is 0. The lowest BCUT2D eigenvalue weighted by Gasteiger charge is -2.06. The van der Waals surface area contributed by atoms with Crippen molar-refractivity contribution in [2.24, 2.45) is 0 Å². The van der Waals surface area contributed by atoms with Gasteiger partial charge < -0.3 is 0 Å². The lowest BCUT2D eigenvalue weighted by Crippen LogP contribution is -2.02. The van der Waals surface area contributed by atoms with Crippen LogP contribution < -0.4 is 0 Å². The Hall–Kier alpha value is -2.55. The third-order valence-corrected chi connectivity index (χ3v) is 4.03. The van der Waals surface area contributed by atoms with Crippen molar-refractivity contribution >= 4 is 0 Å². The average molecular weight is 317 g/mol. The van der Waals surface area contributed by atoms with E-state index in [1.54, 1.807) is 0 Å². The van der Waals surface area contributed by atoms with Gasteiger partial charge in [-0.1, -0.05) is 18.2 Å². The maximum Gasteiger partial charge on any atom is 0.0410 e. The number of nitrogens with zero attached hydrogens (tertiary/aromatic N) is 3. The number of pyridine rings is 3. The van der Waals surface area contributed by atoms with Crippen molar-refractivity contribution in [3.05, 3.63) is 88.8 Å². The Balaban J connectivity index is 1.59. The molecule has 0 atom stereocenters. The summed E-state index contributed by atoms with van der Waals surface area (Å²) in [6.07, 6.45) is 3.70. The normalized spacial score (nSPS) is 10.8. The van der Waals surface area contributed by atoms with E-state index < -0.39 is 0 Å². The van der Waals surface area contributed by atoms with Crippen LogP contribution in [0.1, 0.15) is 34.2 Å². The highest BCUT2D eigenvalue weighted by Crippen LogP contribution is 2.08. The molecule has 0 amide bonds. The van der Waals surface area contributed by atoms with Gasteiger partial charge in [0.15, 0.2) is 0 Å². The Kier molecular flexibility index (Phi) is 5.32. The van der Waals surface area contributed by atoms with Gasteiger partial charge in [0, 0.05) is 34.2 Å². The summed E-state index contributed by atoms with van der Waals surface area (Å²) in [5.74, 6) is 0. The molecule has 3 aromatic rings. The van der Waals surface area contributed by atoms with Crippen LogP contribution in [0, 0.1) is 13.8 Å². The molecular formula is C21H23N3. The minimum absolute atomic E-state index is 0.924. The predicted octanol–water partition coefficient (Wildman–Crippen LogP) is 4.06. The lowest BCUT2D eigenvalue weighted by atomic mass is 10.1. The van der Waals surface area contributed by atoms with Crippen LogP contribution >= 0.6 is 0 Å². The Bertz CT molecular complexity index is 747. The van der Waals surface area contributed by atoms with Crippen molar-refractivity contribution in [3.63, 3.8) is 0 Å². The Labute approximate surface area is 143 Å². The summed E-state index contributed by atoms with van der Waals surface area (Å²) in [6.45, 7) is 4.06. The molecule has 3 nitrogen and oxygen atoms in total. The fourth-order valence-corrected chi connectivity index (χ4v) is 2.80. The summed E-state index contributed by atoms with van der Waals surface area (Å²) in [6, 6.07) is 18.7. The summed E-state index contributed by atoms with van der Waals surface area (Å²) in [7, 11) is 0. The van der Waals surface area contributed by atoms with E-state index in [0.29, 0.717) is 0 Å². The van der Waals surface area contributed by atoms with E-state index in [9.17, 15) is 0 Å². The summed E-state index contributed by atoms with van der Waals surface area (Å²) in [4.78, 5) is 13.9. The van der Waals surface area contributed by atoms with Crippen LogP contribution in [0.4, 0.5) is 0 Å². The first-order chi connectivity index (χ1) is 11.7. The second-order valence-corrected chi connectivity index (χ2v) is 6.16. The maximum absolute atomic E-state index is 4.79. The average Bonchev–Trinajstić information content (AvgIpc) is 2.59. The topological polar surface area (TPSA) is 38.7 Å². The quantitative estimate of drug-likeness (QED) is 0.688. The van der Waals surface area contributed by atoms with Gasteiger partial charge in [-0.25, -0.2) is 0 Å². The molecule has 0 N–H and O–H groups in total. The van der Waals surface area contributed by atoms with Crippen molar-refractivity contribution in [3.8, 4) is 0 Å². The zero-order valence-corrected chi connectivity index (χ0v) is 14.4. The van der Waals surface area contributed by atoms with Gasteiger partial charge in [0.1, 0.15) is 0 Å². The van der Waals surface area contributed by atoms with Gasteiger partial charge in [-0.2, -0.15) is 0 Å². The van der Waals surface area contributed by atoms with Crippen molar-refractivity contribution in [1.82, 2.24) is 15.0 Å². The van der Waals surface area contributed by atoms with Gasteiger partial charge in [0.05, 0.1) is 0 Å². The molecule has 3 aromatic heterocycles. The Morgan fingerprint density at radius 1 is 0.500 bits per heavy atom. The van der Waals surface area contributed by atoms with E-state index >= 15 is 0 Å². The molecule has 0 saturated carbocycles. The smallest absolute Gasteiger partial charge is 0.0410 e. The van der Waals surface area contributed by atoms with Gasteiger partial charge in [-0.3, -0.25) is 15.0 Å². The maximum atomic E-state index is 4.79. The van der Waals surface area contributed by atoms with E-state index in [4.69, 9.17) is 4.98 Å². The first kappa shape index (κ1) is 16.3. The largest absolute Gasteiger partial charge is 0.258 e. The van der Waals surface area contributed by atoms with Crippen molar-refractivity contribution in [1.29, 1.82) is 0 Å². The predicted molar refractivity (Wildman–Crippen MR) is 97.0 cm³/mol. The first-order valence-electron chi connectivity index (χ1n) is 8.49. The number of aromatic nitrogens is 3. The van der Waals surface area contributed by atoms with E-state index in [-0.39, 0.29) is 0 Å². The molecule has 0 bridgehead atoms. The zero-order valence-electron chi connectivity index (χ0n) is 14.4. The minimum atomic E-state index is 0.924. The molecule has 0 aliphatic heterocycles. The van der Waals surface area contributed by atoms with Crippen LogP contribution in [0.2, 0.25) is 0 Å². The van der Waals surface area contributed by atoms with E-state index in [1.165, 1.54) is 0 Å². The van der Waals surface area contributed by atoms with Crippen molar-refractivity contribution < 1.29 is 0 Å². The monoisotopic (exact) mass is 317 g/mol. The third kappa shape index (κ3) is 4.72. The number of hydrogen-bond acceptors (Lipinski definition) is 3. The van der Waals surface area contributed by atoms with Crippen LogP contribution in [-0.4, -0.2) is 15.0 Å². The minimum Gasteiger partial charge on any atom is -0.258 e. The van der Waals surface area contributed by atoms with E-state index in [0.717, 1.165) is 59.8 Å². The summed E-state index contributed by atoms with van der Waals surface area (Å²) in [5, 5.41) is 0. The molecule has 0 aliphatic carbocycles. The van der Waals surface area contributed by atoms with Gasteiger partial charge >= 0.3 is 0 Å². The highest BCUT2D eigenvalue weighted by molar-refractivity contribution is 5.16. The third-order valence-electron chi connectivity index (χ3n) is 4.03. The number of aryl methyl sites for hydroxylation is 6. The fourth-order valence-electron chi connectivity index (χ4n) is 2.80. The SMILES string of the molecule is Cc1cccc(CCc2cccc(CCc3cccc(C)n3)n2)n1. The molecule has 122 valence electrons. The Morgan fingerprint density at radius 2 is 0.833 bits per heavy atom. The van der Waals surface area contributed by atoms with Gasteiger partial charge in [0.2, 0.25) is 0 Å². The molecule has 3 heterocycles. The zero-order chi connectivity index (χ0) is 16.8. The molecule has 0 saturated heterocycles. The van der Waals surface area contributed by atoms with E-state index in [2.05, 4.69) is 52.4 Å². The second-order valence-electron chi connectivity index (χ2n) is 6.16. The number of rotatable bonds is 6. The molecule has 0 fully saturated rings. The van der Waals surface area contributed by atoms with Crippen LogP contribution in [0.5, 0.6) is 0 Å². The van der Waals surface area contributed by atoms with E-state index in [1.807, 2.05) is 26.0 Å². The van der Waals surface area contributed by atoms with Crippen LogP contribution in [0.3, 0.4) is 0 Å². The highest BCUT2D eigenvalue weighted by atomic mass is 14.7. The molecule has 0 unspecified atom stereocenters. The highest BCUT2D eigenvalue weighted by Gasteiger charge is 2.02. The fraction of sp³-hybridized carbons (Fsp3) is 0.286. The Morgan fingerprint density at radius 3 is 1.21 bits per heavy atom. The molecular weight excluding hydrogens is 294 g/mol. The molecule has 3 heteroatoms. The van der Waals surface area contributed by atoms with Crippen LogP contribution in [0.25, 0.3) is 0 Å². The first-order valence-corrected chi connectivity index (χ1v) is 8.49. The summed E-state index contributed by atoms with van der Waals surface area (Å²) >= 11 is 0. The molecule has 0 radical (unpaired) electrons. The van der Waals surface area contributed by atoms with Gasteiger partial charge in [-0.05, 0) is 75.9 Å².